The van der Waals surface area contributed by atoms with Crippen LogP contribution in [0.1, 0.15) is 49.0 Å². The summed E-state index contributed by atoms with van der Waals surface area (Å²) >= 11 is 0. The van der Waals surface area contributed by atoms with Gasteiger partial charge in [0.1, 0.15) is 11.0 Å². The van der Waals surface area contributed by atoms with Crippen molar-refractivity contribution in [1.82, 2.24) is 29.6 Å². The smallest absolute Gasteiger partial charge is 0.278 e. The van der Waals surface area contributed by atoms with Crippen molar-refractivity contribution >= 4 is 22.7 Å². The second-order valence-electron chi connectivity index (χ2n) is 9.72. The summed E-state index contributed by atoms with van der Waals surface area (Å²) in [6.45, 7) is 8.45. The van der Waals surface area contributed by atoms with Gasteiger partial charge in [-0.3, -0.25) is 4.79 Å². The number of rotatable bonds is 6. The van der Waals surface area contributed by atoms with E-state index >= 15 is 0 Å². The largest absolute Gasteiger partial charge is 0.384 e. The van der Waals surface area contributed by atoms with Crippen LogP contribution in [0.4, 0.5) is 11.6 Å². The molecule has 2 bridgehead atoms. The topological polar surface area (TPSA) is 110 Å². The van der Waals surface area contributed by atoms with Crippen molar-refractivity contribution in [3.63, 3.8) is 0 Å². The summed E-state index contributed by atoms with van der Waals surface area (Å²) in [6, 6.07) is 12.1. The van der Waals surface area contributed by atoms with Gasteiger partial charge in [0.25, 0.3) is 5.56 Å². The van der Waals surface area contributed by atoms with Gasteiger partial charge in [0.2, 0.25) is 5.95 Å². The third-order valence-electron chi connectivity index (χ3n) is 6.84. The van der Waals surface area contributed by atoms with Gasteiger partial charge >= 0.3 is 0 Å². The summed E-state index contributed by atoms with van der Waals surface area (Å²) in [7, 11) is 0. The zero-order chi connectivity index (χ0) is 24.3. The lowest BCUT2D eigenvalue weighted by atomic mass is 10.00. The molecule has 2 unspecified atom stereocenters. The van der Waals surface area contributed by atoms with Crippen LogP contribution in [0, 0.1) is 0 Å². The van der Waals surface area contributed by atoms with Crippen LogP contribution in [0.25, 0.3) is 16.9 Å². The Morgan fingerprint density at radius 3 is 2.91 bits per heavy atom. The van der Waals surface area contributed by atoms with Crippen molar-refractivity contribution in [3.05, 3.63) is 82.4 Å². The molecule has 4 aromatic rings. The summed E-state index contributed by atoms with van der Waals surface area (Å²) in [6.07, 6.45) is 4.34. The van der Waals surface area contributed by atoms with Gasteiger partial charge in [-0.1, -0.05) is 18.2 Å². The highest BCUT2D eigenvalue weighted by atomic mass is 16.3. The highest BCUT2D eigenvalue weighted by Gasteiger charge is 2.36. The molecule has 1 fully saturated rings. The molecule has 0 radical (unpaired) electrons. The van der Waals surface area contributed by atoms with Crippen LogP contribution in [-0.4, -0.2) is 36.0 Å². The maximum atomic E-state index is 13.2. The summed E-state index contributed by atoms with van der Waals surface area (Å²) in [4.78, 5) is 26.9. The molecule has 1 aliphatic heterocycles. The first-order chi connectivity index (χ1) is 16.8. The number of hydrogen-bond acceptors (Lipinski definition) is 7. The Kier molecular flexibility index (Phi) is 4.87. The summed E-state index contributed by atoms with van der Waals surface area (Å²) in [5, 5.41) is 17.7. The molecule has 6 rings (SSSR count). The molecule has 1 aromatic carbocycles. The van der Waals surface area contributed by atoms with E-state index in [1.807, 2.05) is 0 Å². The Morgan fingerprint density at radius 2 is 2.11 bits per heavy atom. The second-order valence-corrected chi connectivity index (χ2v) is 9.72. The number of hydrogen-bond donors (Lipinski definition) is 3. The zero-order valence-electron chi connectivity index (χ0n) is 19.7. The number of aromatic nitrogens is 5. The maximum absolute atomic E-state index is 13.2. The van der Waals surface area contributed by atoms with E-state index in [-0.39, 0.29) is 12.1 Å². The summed E-state index contributed by atoms with van der Waals surface area (Å²) in [5.41, 5.74) is 3.20. The van der Waals surface area contributed by atoms with Crippen molar-refractivity contribution in [1.29, 1.82) is 0 Å². The summed E-state index contributed by atoms with van der Waals surface area (Å²) in [5.74, 6) is 1.46. The average molecular weight is 470 g/mol. The monoisotopic (exact) mass is 469 g/mol. The average Bonchev–Trinajstić information content (AvgIpc) is 3.52. The standard InChI is InChI=1S/C26H27N7O2/c1-4-10-32-24(34)19-14-28-25(29-16-8-9-17-15-11-20(27-13-15)18(17)12-16)31-23(19)33(32)22-7-5-6-21(30-22)26(2,3)35/h4-9,12,14-15,20,27,35H,1,10-11,13H2,2-3H3,(H,28,29,31). The SMILES string of the molecule is C=CCn1c(=O)c2cnc(Nc3ccc4c(c3)C3CC4CN3)nc2n1-c1cccc(C(C)(C)O)n1. The molecular weight excluding hydrogens is 442 g/mol. The van der Waals surface area contributed by atoms with E-state index in [2.05, 4.69) is 45.4 Å². The Bertz CT molecular complexity index is 1530. The first-order valence-corrected chi connectivity index (χ1v) is 11.8. The molecule has 3 N–H and O–H groups in total. The second kappa shape index (κ2) is 7.86. The maximum Gasteiger partial charge on any atom is 0.278 e. The lowest BCUT2D eigenvalue weighted by Gasteiger charge is -2.18. The molecule has 2 atom stereocenters. The van der Waals surface area contributed by atoms with Gasteiger partial charge in [-0.15, -0.1) is 6.58 Å². The Hall–Kier alpha value is -3.82. The third-order valence-corrected chi connectivity index (χ3v) is 6.84. The van der Waals surface area contributed by atoms with E-state index in [1.165, 1.54) is 15.8 Å². The number of nitrogens with zero attached hydrogens (tertiary/aromatic N) is 5. The quantitative estimate of drug-likeness (QED) is 0.372. The molecule has 0 amide bonds. The van der Waals surface area contributed by atoms with Crippen molar-refractivity contribution in [2.75, 3.05) is 11.9 Å². The molecular formula is C26H27N7O2. The van der Waals surface area contributed by atoms with Crippen LogP contribution < -0.4 is 16.2 Å². The van der Waals surface area contributed by atoms with Crippen molar-refractivity contribution in [2.45, 2.75) is 44.4 Å². The molecule has 3 aromatic heterocycles. The van der Waals surface area contributed by atoms with E-state index in [0.29, 0.717) is 40.5 Å². The predicted molar refractivity (Wildman–Crippen MR) is 134 cm³/mol. The Morgan fingerprint density at radius 1 is 1.26 bits per heavy atom. The highest BCUT2D eigenvalue weighted by Crippen LogP contribution is 2.45. The molecule has 4 heterocycles. The molecule has 178 valence electrons. The first-order valence-electron chi connectivity index (χ1n) is 11.8. The normalized spacial score (nSPS) is 18.7. The third kappa shape index (κ3) is 3.55. The molecule has 0 saturated carbocycles. The minimum absolute atomic E-state index is 0.235. The number of nitrogens with one attached hydrogen (secondary N) is 2. The van der Waals surface area contributed by atoms with Crippen LogP contribution in [0.3, 0.4) is 0 Å². The Labute approximate surface area is 202 Å². The molecule has 0 spiro atoms. The van der Waals surface area contributed by atoms with Gasteiger partial charge in [-0.25, -0.2) is 19.3 Å². The van der Waals surface area contributed by atoms with Crippen LogP contribution >= 0.6 is 0 Å². The van der Waals surface area contributed by atoms with Gasteiger partial charge < -0.3 is 15.7 Å². The molecule has 2 aliphatic rings. The lowest BCUT2D eigenvalue weighted by Crippen LogP contribution is -2.23. The van der Waals surface area contributed by atoms with Crippen LogP contribution in [0.2, 0.25) is 0 Å². The lowest BCUT2D eigenvalue weighted by molar-refractivity contribution is 0.0738. The Balaban J connectivity index is 1.45. The van der Waals surface area contributed by atoms with E-state index in [9.17, 15) is 9.90 Å². The highest BCUT2D eigenvalue weighted by molar-refractivity contribution is 5.77. The molecule has 9 heteroatoms. The number of fused-ring (bicyclic) bond motifs is 6. The van der Waals surface area contributed by atoms with Gasteiger partial charge in [-0.05, 0) is 61.6 Å². The van der Waals surface area contributed by atoms with Gasteiger partial charge in [0.15, 0.2) is 11.5 Å². The molecule has 9 nitrogen and oxygen atoms in total. The first kappa shape index (κ1) is 21.7. The van der Waals surface area contributed by atoms with E-state index < -0.39 is 5.60 Å². The van der Waals surface area contributed by atoms with Crippen molar-refractivity contribution in [2.24, 2.45) is 0 Å². The number of allylic oxidation sites excluding steroid dienone is 1. The molecule has 1 aliphatic carbocycles. The number of pyridine rings is 1. The molecule has 35 heavy (non-hydrogen) atoms. The zero-order valence-corrected chi connectivity index (χ0v) is 19.7. The van der Waals surface area contributed by atoms with Gasteiger partial charge in [-0.2, -0.15) is 4.98 Å². The fourth-order valence-electron chi connectivity index (χ4n) is 5.16. The van der Waals surface area contributed by atoms with Crippen molar-refractivity contribution in [3.8, 4) is 5.82 Å². The number of aliphatic hydroxyl groups is 1. The summed E-state index contributed by atoms with van der Waals surface area (Å²) < 4.78 is 3.18. The van der Waals surface area contributed by atoms with Crippen LogP contribution in [0.15, 0.2) is 60.0 Å². The van der Waals surface area contributed by atoms with E-state index in [0.717, 1.165) is 18.7 Å². The minimum Gasteiger partial charge on any atom is -0.384 e. The van der Waals surface area contributed by atoms with Crippen LogP contribution in [0.5, 0.6) is 0 Å². The van der Waals surface area contributed by atoms with Gasteiger partial charge in [0.05, 0.1) is 12.2 Å². The fourth-order valence-corrected chi connectivity index (χ4v) is 5.16. The van der Waals surface area contributed by atoms with Crippen molar-refractivity contribution < 1.29 is 5.11 Å². The van der Waals surface area contributed by atoms with E-state index in [1.54, 1.807) is 49.0 Å². The minimum atomic E-state index is -1.13. The number of benzene rings is 1. The predicted octanol–water partition coefficient (Wildman–Crippen LogP) is 3.27. The molecule has 1 saturated heterocycles. The van der Waals surface area contributed by atoms with Crippen LogP contribution in [-0.2, 0) is 12.1 Å². The van der Waals surface area contributed by atoms with Gasteiger partial charge in [0, 0.05) is 24.5 Å². The fraction of sp³-hybridized carbons (Fsp3) is 0.308. The number of anilines is 2. The van der Waals surface area contributed by atoms with E-state index in [4.69, 9.17) is 4.98 Å².